The van der Waals surface area contributed by atoms with Gasteiger partial charge in [-0.1, -0.05) is 12.1 Å². The molecule has 1 aliphatic carbocycles. The monoisotopic (exact) mass is 324 g/mol. The first-order valence-electron chi connectivity index (χ1n) is 9.41. The number of rotatable bonds is 1. The first kappa shape index (κ1) is 13.9. The molecule has 4 fully saturated rings. The van der Waals surface area contributed by atoms with Gasteiger partial charge in [-0.15, -0.1) is 0 Å². The fourth-order valence-electron chi connectivity index (χ4n) is 6.87. The van der Waals surface area contributed by atoms with E-state index >= 15 is 0 Å². The molecular formula is C20H24N2O2. The van der Waals surface area contributed by atoms with Crippen molar-refractivity contribution in [2.45, 2.75) is 49.7 Å². The van der Waals surface area contributed by atoms with Gasteiger partial charge in [-0.2, -0.15) is 0 Å². The molecule has 0 unspecified atom stereocenters. The van der Waals surface area contributed by atoms with Crippen LogP contribution in [0.2, 0.25) is 0 Å². The number of ether oxygens (including phenoxy) is 2. The molecule has 1 aromatic rings. The Kier molecular flexibility index (Phi) is 2.55. The van der Waals surface area contributed by atoms with Crippen molar-refractivity contribution in [3.8, 4) is 5.75 Å². The van der Waals surface area contributed by atoms with Crippen LogP contribution < -0.4 is 4.74 Å². The van der Waals surface area contributed by atoms with Gasteiger partial charge in [-0.05, 0) is 50.3 Å². The summed E-state index contributed by atoms with van der Waals surface area (Å²) >= 11 is 0. The van der Waals surface area contributed by atoms with Crippen LogP contribution in [0.25, 0.3) is 0 Å². The van der Waals surface area contributed by atoms with Gasteiger partial charge in [-0.25, -0.2) is 0 Å². The van der Waals surface area contributed by atoms with Gasteiger partial charge in [0.2, 0.25) is 0 Å². The van der Waals surface area contributed by atoms with E-state index in [-0.39, 0.29) is 5.41 Å². The van der Waals surface area contributed by atoms with Crippen molar-refractivity contribution in [3.63, 3.8) is 0 Å². The summed E-state index contributed by atoms with van der Waals surface area (Å²) in [6, 6.07) is 7.10. The highest BCUT2D eigenvalue weighted by Crippen LogP contribution is 2.65. The van der Waals surface area contributed by atoms with Crippen LogP contribution in [0.5, 0.6) is 5.75 Å². The Balaban J connectivity index is 1.60. The number of aliphatic imine (C=N–C) groups is 1. The second-order valence-electron chi connectivity index (χ2n) is 8.21. The van der Waals surface area contributed by atoms with E-state index in [2.05, 4.69) is 23.1 Å². The van der Waals surface area contributed by atoms with Crippen LogP contribution in [0.3, 0.4) is 0 Å². The standard InChI is InChI=1S/C20H24N2O2/c1-23-14-4-2-3-13-17(14)21-15-5-7-19-9-12-24-16(19)6-10-22-11-8-20(13,15)18(19)22/h2-4,16,18H,5-12H2,1H3/t16-,18-,19-,20-/m0/s1. The Morgan fingerprint density at radius 2 is 2.21 bits per heavy atom. The summed E-state index contributed by atoms with van der Waals surface area (Å²) < 4.78 is 11.9. The van der Waals surface area contributed by atoms with Crippen LogP contribution in [0.15, 0.2) is 23.2 Å². The Labute approximate surface area is 142 Å². The highest BCUT2D eigenvalue weighted by atomic mass is 16.5. The topological polar surface area (TPSA) is 34.1 Å². The molecule has 0 amide bonds. The second kappa shape index (κ2) is 4.41. The molecule has 4 atom stereocenters. The van der Waals surface area contributed by atoms with Gasteiger partial charge in [0, 0.05) is 30.3 Å². The predicted molar refractivity (Wildman–Crippen MR) is 92.4 cm³/mol. The van der Waals surface area contributed by atoms with Crippen molar-refractivity contribution < 1.29 is 9.47 Å². The van der Waals surface area contributed by atoms with Gasteiger partial charge in [0.15, 0.2) is 0 Å². The summed E-state index contributed by atoms with van der Waals surface area (Å²) in [5.74, 6) is 0.936. The van der Waals surface area contributed by atoms with Crippen LogP contribution in [0.1, 0.15) is 37.7 Å². The minimum atomic E-state index is 0.120. The van der Waals surface area contributed by atoms with Crippen molar-refractivity contribution >= 4 is 11.4 Å². The van der Waals surface area contributed by atoms with Crippen molar-refractivity contribution in [2.24, 2.45) is 10.4 Å². The number of hydrogen-bond donors (Lipinski definition) is 0. The molecule has 4 heteroatoms. The van der Waals surface area contributed by atoms with Crippen molar-refractivity contribution in [1.29, 1.82) is 0 Å². The van der Waals surface area contributed by atoms with E-state index in [1.807, 2.05) is 0 Å². The quantitative estimate of drug-likeness (QED) is 0.796. The minimum Gasteiger partial charge on any atom is -0.494 e. The average Bonchev–Trinajstić information content (AvgIpc) is 3.29. The highest BCUT2D eigenvalue weighted by Gasteiger charge is 2.69. The molecule has 5 aliphatic rings. The average molecular weight is 324 g/mol. The van der Waals surface area contributed by atoms with Crippen LogP contribution in [-0.4, -0.2) is 49.6 Å². The fraction of sp³-hybridized carbons (Fsp3) is 0.650. The molecule has 0 N–H and O–H groups in total. The maximum atomic E-state index is 6.23. The van der Waals surface area contributed by atoms with Gasteiger partial charge < -0.3 is 9.47 Å². The smallest absolute Gasteiger partial charge is 0.144 e. The normalized spacial score (nSPS) is 42.1. The van der Waals surface area contributed by atoms with E-state index in [9.17, 15) is 0 Å². The molecule has 1 aromatic carbocycles. The first-order valence-corrected chi connectivity index (χ1v) is 9.41. The van der Waals surface area contributed by atoms with E-state index in [0.717, 1.165) is 24.5 Å². The van der Waals surface area contributed by atoms with Crippen LogP contribution >= 0.6 is 0 Å². The van der Waals surface area contributed by atoms with Gasteiger partial charge in [0.05, 0.1) is 18.6 Å². The van der Waals surface area contributed by atoms with Gasteiger partial charge >= 0.3 is 0 Å². The Morgan fingerprint density at radius 3 is 3.12 bits per heavy atom. The summed E-state index contributed by atoms with van der Waals surface area (Å²) in [6.45, 7) is 3.34. The predicted octanol–water partition coefficient (Wildman–Crippen LogP) is 3.07. The number of para-hydroxylation sites is 1. The lowest BCUT2D eigenvalue weighted by molar-refractivity contribution is -0.0635. The number of piperidine rings is 1. The summed E-state index contributed by atoms with van der Waals surface area (Å²) in [6.07, 6.45) is 6.49. The first-order chi connectivity index (χ1) is 11.8. The van der Waals surface area contributed by atoms with Crippen molar-refractivity contribution in [1.82, 2.24) is 4.90 Å². The maximum Gasteiger partial charge on any atom is 0.144 e. The maximum absolute atomic E-state index is 6.23. The lowest BCUT2D eigenvalue weighted by atomic mass is 9.52. The molecule has 24 heavy (non-hydrogen) atoms. The molecular weight excluding hydrogens is 300 g/mol. The van der Waals surface area contributed by atoms with Gasteiger partial charge in [-0.3, -0.25) is 9.89 Å². The molecule has 3 saturated heterocycles. The zero-order chi connectivity index (χ0) is 15.9. The molecule has 4 heterocycles. The zero-order valence-corrected chi connectivity index (χ0v) is 14.3. The highest BCUT2D eigenvalue weighted by molar-refractivity contribution is 6.04. The molecule has 2 spiro atoms. The molecule has 4 aliphatic heterocycles. The van der Waals surface area contributed by atoms with E-state index in [4.69, 9.17) is 14.5 Å². The second-order valence-corrected chi connectivity index (χ2v) is 8.21. The molecule has 0 radical (unpaired) electrons. The van der Waals surface area contributed by atoms with E-state index in [1.165, 1.54) is 50.0 Å². The third kappa shape index (κ3) is 1.35. The lowest BCUT2D eigenvalue weighted by Crippen LogP contribution is -2.65. The van der Waals surface area contributed by atoms with E-state index in [1.54, 1.807) is 7.11 Å². The SMILES string of the molecule is COc1cccc2c1N=C1CC[C@]34CCO[C@H]3CCN3CC[C@@]12[C@@H]34. The lowest BCUT2D eigenvalue weighted by Gasteiger charge is -2.56. The molecule has 0 aromatic heterocycles. The van der Waals surface area contributed by atoms with Crippen LogP contribution in [0.4, 0.5) is 5.69 Å². The minimum absolute atomic E-state index is 0.120. The van der Waals surface area contributed by atoms with Crippen molar-refractivity contribution in [3.05, 3.63) is 23.8 Å². The van der Waals surface area contributed by atoms with E-state index in [0.29, 0.717) is 17.6 Å². The van der Waals surface area contributed by atoms with E-state index < -0.39 is 0 Å². The number of hydrogen-bond acceptors (Lipinski definition) is 4. The summed E-state index contributed by atoms with van der Waals surface area (Å²) in [5, 5.41) is 0. The van der Waals surface area contributed by atoms with Gasteiger partial charge in [0.1, 0.15) is 11.4 Å². The molecule has 6 rings (SSSR count). The largest absolute Gasteiger partial charge is 0.494 e. The van der Waals surface area contributed by atoms with Gasteiger partial charge in [0.25, 0.3) is 0 Å². The third-order valence-electron chi connectivity index (χ3n) is 7.66. The van der Waals surface area contributed by atoms with Crippen molar-refractivity contribution in [2.75, 3.05) is 26.8 Å². The Hall–Kier alpha value is -1.39. The number of benzene rings is 1. The number of methoxy groups -OCH3 is 1. The number of fused-ring (bicyclic) bond motifs is 1. The molecule has 1 saturated carbocycles. The van der Waals surface area contributed by atoms with Crippen LogP contribution in [-0.2, 0) is 10.2 Å². The Morgan fingerprint density at radius 1 is 1.25 bits per heavy atom. The van der Waals surface area contributed by atoms with Crippen LogP contribution in [0, 0.1) is 5.41 Å². The summed E-state index contributed by atoms with van der Waals surface area (Å²) in [7, 11) is 1.76. The fourth-order valence-corrected chi connectivity index (χ4v) is 6.87. The molecule has 0 bridgehead atoms. The third-order valence-corrected chi connectivity index (χ3v) is 7.66. The molecule has 4 nitrogen and oxygen atoms in total. The number of nitrogens with zero attached hydrogens (tertiary/aromatic N) is 2. The Bertz CT molecular complexity index is 760. The molecule has 126 valence electrons. The zero-order valence-electron chi connectivity index (χ0n) is 14.3. The summed E-state index contributed by atoms with van der Waals surface area (Å²) in [5.41, 5.74) is 4.42. The summed E-state index contributed by atoms with van der Waals surface area (Å²) in [4.78, 5) is 7.91.